The van der Waals surface area contributed by atoms with Gasteiger partial charge in [-0.2, -0.15) is 0 Å². The predicted octanol–water partition coefficient (Wildman–Crippen LogP) is 1.27. The molecular weight excluding hydrogens is 358 g/mol. The molecule has 0 spiro atoms. The minimum absolute atomic E-state index is 0.0372. The van der Waals surface area contributed by atoms with E-state index in [1.54, 1.807) is 17.9 Å². The number of methoxy groups -OCH3 is 1. The number of amides is 2. The lowest BCUT2D eigenvalue weighted by atomic mass is 10.0. The van der Waals surface area contributed by atoms with E-state index in [9.17, 15) is 9.59 Å². The first-order chi connectivity index (χ1) is 13.6. The first kappa shape index (κ1) is 20.6. The molecule has 1 saturated carbocycles. The Balaban J connectivity index is 1.33. The van der Waals surface area contributed by atoms with Crippen LogP contribution in [0.2, 0.25) is 0 Å². The largest absolute Gasteiger partial charge is 0.479 e. The van der Waals surface area contributed by atoms with Gasteiger partial charge in [-0.1, -0.05) is 25.7 Å². The third-order valence-corrected chi connectivity index (χ3v) is 5.88. The summed E-state index contributed by atoms with van der Waals surface area (Å²) < 4.78 is 6.79. The molecule has 1 N–H and O–H groups in total. The van der Waals surface area contributed by atoms with Crippen molar-refractivity contribution in [1.29, 1.82) is 0 Å². The Hall–Kier alpha value is -2.09. The summed E-state index contributed by atoms with van der Waals surface area (Å²) >= 11 is 0. The van der Waals surface area contributed by atoms with Crippen molar-refractivity contribution in [3.63, 3.8) is 0 Å². The van der Waals surface area contributed by atoms with Gasteiger partial charge in [0.05, 0.1) is 7.11 Å². The van der Waals surface area contributed by atoms with E-state index in [2.05, 4.69) is 15.3 Å². The minimum atomic E-state index is -0.0372. The van der Waals surface area contributed by atoms with E-state index in [4.69, 9.17) is 4.74 Å². The molecule has 1 aliphatic carbocycles. The average molecular weight is 392 g/mol. The number of rotatable bonds is 8. The zero-order valence-corrected chi connectivity index (χ0v) is 17.2. The van der Waals surface area contributed by atoms with Crippen molar-refractivity contribution < 1.29 is 14.3 Å². The first-order valence-electron chi connectivity index (χ1n) is 10.4. The van der Waals surface area contributed by atoms with Crippen molar-refractivity contribution in [2.45, 2.75) is 38.5 Å². The summed E-state index contributed by atoms with van der Waals surface area (Å²) in [5, 5.41) is 7.20. The highest BCUT2D eigenvalue weighted by atomic mass is 16.5. The molecular formula is C20H33N5O3. The van der Waals surface area contributed by atoms with E-state index < -0.39 is 0 Å². The van der Waals surface area contributed by atoms with Crippen LogP contribution in [0.5, 0.6) is 5.88 Å². The monoisotopic (exact) mass is 391 g/mol. The van der Waals surface area contributed by atoms with Crippen LogP contribution in [0.1, 0.15) is 48.9 Å². The third kappa shape index (κ3) is 5.47. The normalized spacial score (nSPS) is 18.4. The van der Waals surface area contributed by atoms with Crippen molar-refractivity contribution in [3.05, 3.63) is 11.8 Å². The van der Waals surface area contributed by atoms with Crippen LogP contribution >= 0.6 is 0 Å². The average Bonchev–Trinajstić information content (AvgIpc) is 3.35. The number of piperazine rings is 1. The Labute approximate surface area is 167 Å². The maximum Gasteiger partial charge on any atom is 0.261 e. The molecule has 156 valence electrons. The Morgan fingerprint density at radius 1 is 1.21 bits per heavy atom. The molecule has 8 heteroatoms. The smallest absolute Gasteiger partial charge is 0.261 e. The summed E-state index contributed by atoms with van der Waals surface area (Å²) in [5.41, 5.74) is 0.507. The highest BCUT2D eigenvalue weighted by Crippen LogP contribution is 2.28. The van der Waals surface area contributed by atoms with E-state index >= 15 is 0 Å². The summed E-state index contributed by atoms with van der Waals surface area (Å²) in [6.45, 7) is 4.47. The summed E-state index contributed by atoms with van der Waals surface area (Å²) in [5.74, 6) is 1.26. The minimum Gasteiger partial charge on any atom is -0.479 e. The van der Waals surface area contributed by atoms with Crippen LogP contribution in [-0.4, -0.2) is 77.8 Å². The SMILES string of the molecule is COc1nn(C)cc1C(=O)N1CCN(CCNC(=O)CCC2CCCC2)CC1. The van der Waals surface area contributed by atoms with Crippen LogP contribution in [0.25, 0.3) is 0 Å². The summed E-state index contributed by atoms with van der Waals surface area (Å²) in [6.07, 6.45) is 8.63. The van der Waals surface area contributed by atoms with Gasteiger partial charge >= 0.3 is 0 Å². The molecule has 1 aromatic heterocycles. The molecule has 28 heavy (non-hydrogen) atoms. The molecule has 1 aromatic rings. The molecule has 8 nitrogen and oxygen atoms in total. The summed E-state index contributed by atoms with van der Waals surface area (Å²) in [4.78, 5) is 28.8. The number of hydrogen-bond donors (Lipinski definition) is 1. The lowest BCUT2D eigenvalue weighted by Gasteiger charge is -2.34. The van der Waals surface area contributed by atoms with Crippen molar-refractivity contribution in [1.82, 2.24) is 24.9 Å². The molecule has 0 radical (unpaired) electrons. The van der Waals surface area contributed by atoms with Gasteiger partial charge in [0.25, 0.3) is 5.91 Å². The number of aryl methyl sites for hydroxylation is 1. The van der Waals surface area contributed by atoms with Crippen molar-refractivity contribution in [3.8, 4) is 5.88 Å². The molecule has 2 aliphatic rings. The topological polar surface area (TPSA) is 79.7 Å². The summed E-state index contributed by atoms with van der Waals surface area (Å²) in [6, 6.07) is 0. The van der Waals surface area contributed by atoms with Crippen LogP contribution in [0, 0.1) is 5.92 Å². The van der Waals surface area contributed by atoms with Gasteiger partial charge in [-0.05, 0) is 12.3 Å². The van der Waals surface area contributed by atoms with Crippen LogP contribution in [0.4, 0.5) is 0 Å². The lowest BCUT2D eigenvalue weighted by Crippen LogP contribution is -2.50. The number of nitrogens with zero attached hydrogens (tertiary/aromatic N) is 4. The van der Waals surface area contributed by atoms with E-state index in [0.29, 0.717) is 37.5 Å². The molecule has 1 aliphatic heterocycles. The van der Waals surface area contributed by atoms with Gasteiger partial charge in [0.15, 0.2) is 0 Å². The van der Waals surface area contributed by atoms with Gasteiger partial charge in [-0.15, -0.1) is 5.10 Å². The van der Waals surface area contributed by atoms with Crippen LogP contribution in [0.15, 0.2) is 6.20 Å². The number of carbonyl (C=O) groups is 2. The fourth-order valence-electron chi connectivity index (χ4n) is 4.19. The third-order valence-electron chi connectivity index (χ3n) is 5.88. The maximum absolute atomic E-state index is 12.7. The molecule has 2 heterocycles. The number of hydrogen-bond acceptors (Lipinski definition) is 5. The second-order valence-electron chi connectivity index (χ2n) is 7.90. The maximum atomic E-state index is 12.7. The Bertz CT molecular complexity index is 661. The van der Waals surface area contributed by atoms with Gasteiger partial charge < -0.3 is 15.0 Å². The van der Waals surface area contributed by atoms with E-state index in [-0.39, 0.29) is 11.8 Å². The lowest BCUT2D eigenvalue weighted by molar-refractivity contribution is -0.121. The quantitative estimate of drug-likeness (QED) is 0.722. The zero-order valence-electron chi connectivity index (χ0n) is 17.2. The second kappa shape index (κ2) is 9.91. The van der Waals surface area contributed by atoms with E-state index in [0.717, 1.165) is 32.0 Å². The molecule has 0 aromatic carbocycles. The van der Waals surface area contributed by atoms with Crippen molar-refractivity contribution in [2.24, 2.45) is 13.0 Å². The Morgan fingerprint density at radius 3 is 2.61 bits per heavy atom. The van der Waals surface area contributed by atoms with Crippen LogP contribution < -0.4 is 10.1 Å². The van der Waals surface area contributed by atoms with Gasteiger partial charge in [-0.25, -0.2) is 0 Å². The van der Waals surface area contributed by atoms with Gasteiger partial charge in [-0.3, -0.25) is 19.2 Å². The van der Waals surface area contributed by atoms with Crippen LogP contribution in [-0.2, 0) is 11.8 Å². The van der Waals surface area contributed by atoms with Crippen molar-refractivity contribution in [2.75, 3.05) is 46.4 Å². The molecule has 0 unspecified atom stereocenters. The van der Waals surface area contributed by atoms with E-state index in [1.807, 2.05) is 4.90 Å². The van der Waals surface area contributed by atoms with E-state index in [1.165, 1.54) is 32.8 Å². The molecule has 2 amide bonds. The molecule has 1 saturated heterocycles. The highest BCUT2D eigenvalue weighted by molar-refractivity contribution is 5.96. The standard InChI is InChI=1S/C20H33N5O3/c1-23-15-17(19(22-23)28-2)20(27)25-13-11-24(12-14-25)10-9-21-18(26)8-7-16-5-3-4-6-16/h15-16H,3-14H2,1-2H3,(H,21,26). The van der Waals surface area contributed by atoms with Crippen LogP contribution in [0.3, 0.4) is 0 Å². The number of nitrogens with one attached hydrogen (secondary N) is 1. The van der Waals surface area contributed by atoms with Gasteiger partial charge in [0.2, 0.25) is 11.8 Å². The number of aromatic nitrogens is 2. The van der Waals surface area contributed by atoms with Gasteiger partial charge in [0, 0.05) is 58.9 Å². The molecule has 0 bridgehead atoms. The zero-order chi connectivity index (χ0) is 19.9. The fraction of sp³-hybridized carbons (Fsp3) is 0.750. The highest BCUT2D eigenvalue weighted by Gasteiger charge is 2.26. The van der Waals surface area contributed by atoms with Crippen molar-refractivity contribution >= 4 is 11.8 Å². The van der Waals surface area contributed by atoms with Gasteiger partial charge in [0.1, 0.15) is 5.56 Å². The first-order valence-corrected chi connectivity index (χ1v) is 10.4. The molecule has 0 atom stereocenters. The molecule has 2 fully saturated rings. The predicted molar refractivity (Wildman–Crippen MR) is 106 cm³/mol. The number of ether oxygens (including phenoxy) is 1. The Kier molecular flexibility index (Phi) is 7.30. The Morgan fingerprint density at radius 2 is 1.93 bits per heavy atom. The summed E-state index contributed by atoms with van der Waals surface area (Å²) in [7, 11) is 3.30. The number of carbonyl (C=O) groups excluding carboxylic acids is 2. The second-order valence-corrected chi connectivity index (χ2v) is 7.90. The fourth-order valence-corrected chi connectivity index (χ4v) is 4.19. The molecule has 3 rings (SSSR count).